The SMILES string of the molecule is CCOC(=O)CNC(=O)NCc1cccc(-c2ccc([C@@H]3O[C@H](CSc4nc5ccccc5s4)C[C@H](c4ccc(CO)cc4)O3)cc2)c1. The Labute approximate surface area is 287 Å². The fourth-order valence-corrected chi connectivity index (χ4v) is 7.51. The summed E-state index contributed by atoms with van der Waals surface area (Å²) in [5, 5.41) is 14.8. The van der Waals surface area contributed by atoms with Crippen LogP contribution < -0.4 is 10.6 Å². The zero-order chi connectivity index (χ0) is 33.3. The molecule has 1 aliphatic heterocycles. The van der Waals surface area contributed by atoms with Crippen LogP contribution in [0.4, 0.5) is 4.79 Å². The van der Waals surface area contributed by atoms with E-state index < -0.39 is 18.3 Å². The predicted octanol–water partition coefficient (Wildman–Crippen LogP) is 7.16. The molecule has 48 heavy (non-hydrogen) atoms. The van der Waals surface area contributed by atoms with Crippen LogP contribution in [0.3, 0.4) is 0 Å². The lowest BCUT2D eigenvalue weighted by molar-refractivity contribution is -0.245. The molecule has 1 saturated heterocycles. The summed E-state index contributed by atoms with van der Waals surface area (Å²) in [6.07, 6.45) is -0.0931. The highest BCUT2D eigenvalue weighted by Crippen LogP contribution is 2.40. The summed E-state index contributed by atoms with van der Waals surface area (Å²) in [5.41, 5.74) is 6.78. The maximum atomic E-state index is 12.1. The average molecular weight is 684 g/mol. The zero-order valence-corrected chi connectivity index (χ0v) is 28.1. The quantitative estimate of drug-likeness (QED) is 0.0937. The molecule has 3 N–H and O–H groups in total. The van der Waals surface area contributed by atoms with Gasteiger partial charge in [-0.2, -0.15) is 0 Å². The largest absolute Gasteiger partial charge is 0.465 e. The number of nitrogens with one attached hydrogen (secondary N) is 2. The lowest BCUT2D eigenvalue weighted by atomic mass is 9.99. The standard InChI is InChI=1S/C37H37N3O6S2/c1-2-44-34(42)21-39-36(43)38-20-25-6-5-7-29(18-25)26-14-16-28(17-15-26)35-45-30(19-32(46-35)27-12-10-24(22-41)11-13-27)23-47-37-40-31-8-3-4-9-33(31)48-37/h3-18,30,32,35,41H,2,19-23H2,1H3,(H2,38,39,43)/t30-,32+,35+/m0/s1. The predicted molar refractivity (Wildman–Crippen MR) is 188 cm³/mol. The van der Waals surface area contributed by atoms with Crippen molar-refractivity contribution < 1.29 is 28.9 Å². The van der Waals surface area contributed by atoms with Crippen LogP contribution in [0.5, 0.6) is 0 Å². The normalized spacial score (nSPS) is 17.6. The molecule has 0 aliphatic carbocycles. The highest BCUT2D eigenvalue weighted by molar-refractivity contribution is 8.01. The van der Waals surface area contributed by atoms with Crippen molar-refractivity contribution in [2.75, 3.05) is 18.9 Å². The highest BCUT2D eigenvalue weighted by Gasteiger charge is 2.32. The molecule has 0 saturated carbocycles. The molecule has 3 atom stereocenters. The van der Waals surface area contributed by atoms with Crippen molar-refractivity contribution in [2.24, 2.45) is 0 Å². The molecule has 0 spiro atoms. The van der Waals surface area contributed by atoms with Gasteiger partial charge in [0.25, 0.3) is 0 Å². The second-order valence-electron chi connectivity index (χ2n) is 11.3. The van der Waals surface area contributed by atoms with E-state index in [1.807, 2.05) is 91.0 Å². The van der Waals surface area contributed by atoms with E-state index in [0.29, 0.717) is 13.0 Å². The second-order valence-corrected chi connectivity index (χ2v) is 13.6. The summed E-state index contributed by atoms with van der Waals surface area (Å²) in [4.78, 5) is 28.4. The number of nitrogens with zero attached hydrogens (tertiary/aromatic N) is 1. The Morgan fingerprint density at radius 2 is 1.71 bits per heavy atom. The van der Waals surface area contributed by atoms with Gasteiger partial charge in [0.15, 0.2) is 10.6 Å². The first kappa shape index (κ1) is 33.6. The molecule has 9 nitrogen and oxygen atoms in total. The van der Waals surface area contributed by atoms with E-state index in [2.05, 4.69) is 16.7 Å². The van der Waals surface area contributed by atoms with Gasteiger partial charge in [0.2, 0.25) is 0 Å². The molecule has 1 aromatic heterocycles. The van der Waals surface area contributed by atoms with E-state index in [9.17, 15) is 14.7 Å². The third-order valence-electron chi connectivity index (χ3n) is 7.88. The minimum Gasteiger partial charge on any atom is -0.465 e. The Bertz CT molecular complexity index is 1800. The third-order valence-corrected chi connectivity index (χ3v) is 10.2. The molecule has 6 rings (SSSR count). The Morgan fingerprint density at radius 1 is 0.917 bits per heavy atom. The van der Waals surface area contributed by atoms with E-state index >= 15 is 0 Å². The number of fused-ring (bicyclic) bond motifs is 1. The maximum Gasteiger partial charge on any atom is 0.325 e. The van der Waals surface area contributed by atoms with E-state index in [0.717, 1.165) is 49.0 Å². The summed E-state index contributed by atoms with van der Waals surface area (Å²) in [6.45, 7) is 2.11. The molecule has 2 heterocycles. The van der Waals surface area contributed by atoms with Gasteiger partial charge in [0.05, 0.1) is 35.6 Å². The van der Waals surface area contributed by atoms with Gasteiger partial charge in [-0.3, -0.25) is 4.79 Å². The van der Waals surface area contributed by atoms with Crippen LogP contribution in [-0.2, 0) is 32.2 Å². The van der Waals surface area contributed by atoms with Crippen LogP contribution >= 0.6 is 23.1 Å². The molecular weight excluding hydrogens is 647 g/mol. The van der Waals surface area contributed by atoms with E-state index in [1.54, 1.807) is 30.0 Å². The summed E-state index contributed by atoms with van der Waals surface area (Å²) >= 11 is 3.40. The fraction of sp³-hybridized carbons (Fsp3) is 0.270. The number of amides is 2. The number of ether oxygens (including phenoxy) is 3. The van der Waals surface area contributed by atoms with Crippen molar-refractivity contribution in [1.29, 1.82) is 0 Å². The first-order chi connectivity index (χ1) is 23.5. The van der Waals surface area contributed by atoms with E-state index in [-0.39, 0.29) is 32.0 Å². The van der Waals surface area contributed by atoms with E-state index in [1.165, 1.54) is 4.70 Å². The number of thioether (sulfide) groups is 1. The number of urea groups is 1. The van der Waals surface area contributed by atoms with Crippen molar-refractivity contribution in [3.8, 4) is 11.1 Å². The number of aliphatic hydroxyl groups is 1. The highest BCUT2D eigenvalue weighted by atomic mass is 32.2. The van der Waals surface area contributed by atoms with Gasteiger partial charge in [0.1, 0.15) is 6.54 Å². The molecule has 5 aromatic rings. The van der Waals surface area contributed by atoms with Crippen molar-refractivity contribution in [1.82, 2.24) is 15.6 Å². The number of carbonyl (C=O) groups excluding carboxylic acids is 2. The molecule has 1 aliphatic rings. The third kappa shape index (κ3) is 8.80. The van der Waals surface area contributed by atoms with Crippen LogP contribution in [0, 0.1) is 0 Å². The molecular formula is C37H37N3O6S2. The molecule has 4 aromatic carbocycles. The van der Waals surface area contributed by atoms with Gasteiger partial charge in [0, 0.05) is 24.3 Å². The van der Waals surface area contributed by atoms with Crippen molar-refractivity contribution in [2.45, 2.75) is 49.3 Å². The minimum absolute atomic E-state index is 0.00278. The smallest absolute Gasteiger partial charge is 0.325 e. The van der Waals surface area contributed by atoms with E-state index in [4.69, 9.17) is 19.2 Å². The van der Waals surface area contributed by atoms with Crippen LogP contribution in [-0.4, -0.2) is 47.1 Å². The van der Waals surface area contributed by atoms with Gasteiger partial charge in [-0.1, -0.05) is 90.6 Å². The zero-order valence-electron chi connectivity index (χ0n) is 26.5. The number of hydrogen-bond donors (Lipinski definition) is 3. The maximum absolute atomic E-state index is 12.1. The fourth-order valence-electron chi connectivity index (χ4n) is 5.40. The molecule has 0 radical (unpaired) electrons. The van der Waals surface area contributed by atoms with Crippen LogP contribution in [0.25, 0.3) is 21.3 Å². The Morgan fingerprint density at radius 3 is 2.48 bits per heavy atom. The number of esters is 1. The van der Waals surface area contributed by atoms with Gasteiger partial charge in [-0.05, 0) is 52.9 Å². The number of thiazole rings is 1. The number of aromatic nitrogens is 1. The lowest BCUT2D eigenvalue weighted by Crippen LogP contribution is -2.38. The minimum atomic E-state index is -0.556. The average Bonchev–Trinajstić information content (AvgIpc) is 3.56. The van der Waals surface area contributed by atoms with Crippen molar-refractivity contribution in [3.63, 3.8) is 0 Å². The molecule has 1 fully saturated rings. The molecule has 0 bridgehead atoms. The van der Waals surface area contributed by atoms with Gasteiger partial charge < -0.3 is 30.0 Å². The Hall–Kier alpha value is -4.26. The number of hydrogen-bond acceptors (Lipinski definition) is 9. The van der Waals surface area contributed by atoms with Gasteiger partial charge >= 0.3 is 12.0 Å². The lowest BCUT2D eigenvalue weighted by Gasteiger charge is -2.36. The Kier molecular flexibility index (Phi) is 11.4. The number of aliphatic hydroxyl groups excluding tert-OH is 1. The Balaban J connectivity index is 1.12. The number of rotatable bonds is 12. The van der Waals surface area contributed by atoms with Crippen LogP contribution in [0.2, 0.25) is 0 Å². The first-order valence-corrected chi connectivity index (χ1v) is 17.6. The monoisotopic (exact) mass is 683 g/mol. The second kappa shape index (κ2) is 16.2. The molecule has 248 valence electrons. The van der Waals surface area contributed by atoms with Crippen LogP contribution in [0.15, 0.2) is 101 Å². The van der Waals surface area contributed by atoms with Gasteiger partial charge in [-0.25, -0.2) is 9.78 Å². The summed E-state index contributed by atoms with van der Waals surface area (Å²) in [5.74, 6) is 0.262. The summed E-state index contributed by atoms with van der Waals surface area (Å²) in [7, 11) is 0. The van der Waals surface area contributed by atoms with Crippen LogP contribution in [0.1, 0.15) is 48.0 Å². The summed E-state index contributed by atoms with van der Waals surface area (Å²) in [6, 6.07) is 31.7. The number of para-hydroxylation sites is 1. The number of carbonyl (C=O) groups is 2. The molecule has 0 unspecified atom stereocenters. The molecule has 2 amide bonds. The summed E-state index contributed by atoms with van der Waals surface area (Å²) < 4.78 is 20.1. The van der Waals surface area contributed by atoms with Gasteiger partial charge in [-0.15, -0.1) is 11.3 Å². The van der Waals surface area contributed by atoms with Crippen molar-refractivity contribution >= 4 is 45.3 Å². The topological polar surface area (TPSA) is 119 Å². The molecule has 11 heteroatoms. The first-order valence-electron chi connectivity index (χ1n) is 15.8. The van der Waals surface area contributed by atoms with Crippen molar-refractivity contribution in [3.05, 3.63) is 119 Å². The number of benzene rings is 4.